The van der Waals surface area contributed by atoms with E-state index in [0.29, 0.717) is 16.1 Å². The Bertz CT molecular complexity index is 1140. The Morgan fingerprint density at radius 1 is 1.08 bits per heavy atom. The van der Waals surface area contributed by atoms with Gasteiger partial charge < -0.3 is 4.74 Å². The van der Waals surface area contributed by atoms with Gasteiger partial charge in [-0.3, -0.25) is 4.98 Å². The minimum Gasteiger partial charge on any atom is -0.481 e. The number of alkyl halides is 3. The molecule has 0 N–H and O–H groups in total. The Hall–Kier alpha value is -2.80. The molecule has 0 spiro atoms. The number of hydrogen-bond acceptors (Lipinski definition) is 3. The number of halogens is 4. The smallest absolute Gasteiger partial charge is 0.435 e. The van der Waals surface area contributed by atoms with E-state index in [2.05, 4.69) is 10.1 Å². The highest BCUT2D eigenvalue weighted by Crippen LogP contribution is 2.39. The third kappa shape index (κ3) is 2.55. The number of benzene rings is 1. The fourth-order valence-electron chi connectivity index (χ4n) is 2.91. The first-order chi connectivity index (χ1) is 12.4. The van der Waals surface area contributed by atoms with Crippen LogP contribution in [0.5, 0.6) is 5.88 Å². The lowest BCUT2D eigenvalue weighted by atomic mass is 10.0. The highest BCUT2D eigenvalue weighted by molar-refractivity contribution is 6.38. The van der Waals surface area contributed by atoms with E-state index >= 15 is 0 Å². The molecule has 0 aliphatic carbocycles. The first kappa shape index (κ1) is 16.7. The van der Waals surface area contributed by atoms with E-state index in [-0.39, 0.29) is 11.4 Å². The molecular formula is C18H11ClF3N3O. The molecule has 0 amide bonds. The van der Waals surface area contributed by atoms with Gasteiger partial charge >= 0.3 is 6.18 Å². The van der Waals surface area contributed by atoms with Crippen LogP contribution in [0, 0.1) is 0 Å². The standard InChI is InChI=1S/C18H11ClF3N3O/c1-26-16-5-4-12(14-8-15(18(20,21)22)24-25(14)16)13-3-2-10-9-23-7-6-11(10)17(13)19/h2-9H,1H3. The zero-order valence-electron chi connectivity index (χ0n) is 13.4. The van der Waals surface area contributed by atoms with Gasteiger partial charge in [-0.05, 0) is 18.2 Å². The van der Waals surface area contributed by atoms with Gasteiger partial charge in [0.25, 0.3) is 0 Å². The maximum atomic E-state index is 13.1. The molecule has 4 aromatic rings. The van der Waals surface area contributed by atoms with Crippen molar-refractivity contribution < 1.29 is 17.9 Å². The molecule has 3 heterocycles. The van der Waals surface area contributed by atoms with Gasteiger partial charge in [0.1, 0.15) is 0 Å². The minimum atomic E-state index is -4.56. The van der Waals surface area contributed by atoms with Gasteiger partial charge in [-0.2, -0.15) is 22.8 Å². The first-order valence-electron chi connectivity index (χ1n) is 7.56. The lowest BCUT2D eigenvalue weighted by Gasteiger charge is -2.11. The maximum absolute atomic E-state index is 13.1. The highest BCUT2D eigenvalue weighted by Gasteiger charge is 2.35. The summed E-state index contributed by atoms with van der Waals surface area (Å²) in [5, 5.41) is 5.69. The summed E-state index contributed by atoms with van der Waals surface area (Å²) in [6.45, 7) is 0. The van der Waals surface area contributed by atoms with E-state index in [1.54, 1.807) is 36.7 Å². The molecular weight excluding hydrogens is 367 g/mol. The molecule has 1 aromatic carbocycles. The van der Waals surface area contributed by atoms with Crippen LogP contribution in [0.4, 0.5) is 13.2 Å². The second-order valence-electron chi connectivity index (χ2n) is 5.64. The number of nitrogens with zero attached hydrogens (tertiary/aromatic N) is 3. The Balaban J connectivity index is 2.03. The van der Waals surface area contributed by atoms with Crippen LogP contribution < -0.4 is 4.74 Å². The summed E-state index contributed by atoms with van der Waals surface area (Å²) in [7, 11) is 1.37. The summed E-state index contributed by atoms with van der Waals surface area (Å²) >= 11 is 6.54. The molecule has 4 rings (SSSR count). The average molecular weight is 378 g/mol. The average Bonchev–Trinajstić information content (AvgIpc) is 3.08. The molecule has 4 nitrogen and oxygen atoms in total. The van der Waals surface area contributed by atoms with Gasteiger partial charge in [0.15, 0.2) is 5.69 Å². The van der Waals surface area contributed by atoms with Crippen LogP contribution in [0.2, 0.25) is 5.02 Å². The predicted octanol–water partition coefficient (Wildman–Crippen LogP) is 5.23. The van der Waals surface area contributed by atoms with Crippen molar-refractivity contribution in [1.29, 1.82) is 0 Å². The molecule has 0 aliphatic rings. The van der Waals surface area contributed by atoms with Gasteiger partial charge in [-0.25, -0.2) is 0 Å². The van der Waals surface area contributed by atoms with E-state index in [0.717, 1.165) is 21.4 Å². The van der Waals surface area contributed by atoms with Gasteiger partial charge in [0, 0.05) is 40.4 Å². The van der Waals surface area contributed by atoms with Crippen molar-refractivity contribution in [3.8, 4) is 17.0 Å². The molecule has 0 aliphatic heterocycles. The number of pyridine rings is 2. The van der Waals surface area contributed by atoms with Crippen molar-refractivity contribution in [2.24, 2.45) is 0 Å². The van der Waals surface area contributed by atoms with Crippen molar-refractivity contribution >= 4 is 27.9 Å². The van der Waals surface area contributed by atoms with E-state index in [9.17, 15) is 13.2 Å². The SMILES string of the molecule is COc1ccc(-c2ccc3cnccc3c2Cl)c2cc(C(F)(F)F)nn12. The predicted molar refractivity (Wildman–Crippen MR) is 92.5 cm³/mol. The van der Waals surface area contributed by atoms with Crippen molar-refractivity contribution in [3.05, 3.63) is 59.5 Å². The molecule has 132 valence electrons. The molecule has 0 unspecified atom stereocenters. The second kappa shape index (κ2) is 5.88. The number of rotatable bonds is 2. The van der Waals surface area contributed by atoms with Gasteiger partial charge in [0.2, 0.25) is 5.88 Å². The van der Waals surface area contributed by atoms with Crippen molar-refractivity contribution in [1.82, 2.24) is 14.6 Å². The van der Waals surface area contributed by atoms with Crippen LogP contribution in [0.15, 0.2) is 48.8 Å². The Morgan fingerprint density at radius 3 is 2.58 bits per heavy atom. The van der Waals surface area contributed by atoms with Crippen molar-refractivity contribution in [2.75, 3.05) is 7.11 Å². The van der Waals surface area contributed by atoms with E-state index in [1.165, 1.54) is 7.11 Å². The van der Waals surface area contributed by atoms with Crippen molar-refractivity contribution in [3.63, 3.8) is 0 Å². The summed E-state index contributed by atoms with van der Waals surface area (Å²) in [5.41, 5.74) is 0.389. The summed E-state index contributed by atoms with van der Waals surface area (Å²) in [4.78, 5) is 4.05. The molecule has 0 saturated heterocycles. The topological polar surface area (TPSA) is 39.4 Å². The zero-order valence-corrected chi connectivity index (χ0v) is 14.1. The van der Waals surface area contributed by atoms with Crippen LogP contribution in [-0.4, -0.2) is 21.7 Å². The third-order valence-corrected chi connectivity index (χ3v) is 4.54. The van der Waals surface area contributed by atoms with E-state index in [4.69, 9.17) is 16.3 Å². The fourth-order valence-corrected chi connectivity index (χ4v) is 3.25. The van der Waals surface area contributed by atoms with E-state index < -0.39 is 11.9 Å². The normalized spacial score (nSPS) is 12.0. The number of hydrogen-bond donors (Lipinski definition) is 0. The number of ether oxygens (including phenoxy) is 1. The molecule has 3 aromatic heterocycles. The quantitative estimate of drug-likeness (QED) is 0.480. The molecule has 0 bridgehead atoms. The van der Waals surface area contributed by atoms with Crippen molar-refractivity contribution in [2.45, 2.75) is 6.18 Å². The third-order valence-electron chi connectivity index (χ3n) is 4.13. The van der Waals surface area contributed by atoms with Crippen LogP contribution in [-0.2, 0) is 6.18 Å². The maximum Gasteiger partial charge on any atom is 0.435 e. The number of methoxy groups -OCH3 is 1. The zero-order chi connectivity index (χ0) is 18.5. The number of fused-ring (bicyclic) bond motifs is 2. The Labute approximate surface area is 150 Å². The minimum absolute atomic E-state index is 0.195. The molecule has 0 atom stereocenters. The molecule has 26 heavy (non-hydrogen) atoms. The molecule has 0 saturated carbocycles. The van der Waals surface area contributed by atoms with Crippen LogP contribution >= 0.6 is 11.6 Å². The van der Waals surface area contributed by atoms with E-state index in [1.807, 2.05) is 6.07 Å². The summed E-state index contributed by atoms with van der Waals surface area (Å²) in [5.74, 6) is 0.195. The molecule has 0 fully saturated rings. The van der Waals surface area contributed by atoms with Crippen LogP contribution in [0.25, 0.3) is 27.4 Å². The fraction of sp³-hybridized carbons (Fsp3) is 0.111. The monoisotopic (exact) mass is 377 g/mol. The molecule has 0 radical (unpaired) electrons. The summed E-state index contributed by atoms with van der Waals surface area (Å²) < 4.78 is 45.7. The van der Waals surface area contributed by atoms with Gasteiger partial charge in [-0.1, -0.05) is 23.7 Å². The van der Waals surface area contributed by atoms with Gasteiger partial charge in [0.05, 0.1) is 17.6 Å². The second-order valence-corrected chi connectivity index (χ2v) is 6.02. The summed E-state index contributed by atoms with van der Waals surface area (Å²) in [6, 6.07) is 9.57. The Kier molecular flexibility index (Phi) is 3.77. The lowest BCUT2D eigenvalue weighted by Crippen LogP contribution is -2.06. The first-order valence-corrected chi connectivity index (χ1v) is 7.94. The summed E-state index contributed by atoms with van der Waals surface area (Å²) in [6.07, 6.45) is -1.27. The lowest BCUT2D eigenvalue weighted by molar-refractivity contribution is -0.141. The highest BCUT2D eigenvalue weighted by atomic mass is 35.5. The molecule has 8 heteroatoms. The largest absolute Gasteiger partial charge is 0.481 e. The Morgan fingerprint density at radius 2 is 1.85 bits per heavy atom. The van der Waals surface area contributed by atoms with Gasteiger partial charge in [-0.15, -0.1) is 0 Å². The van der Waals surface area contributed by atoms with Crippen LogP contribution in [0.1, 0.15) is 5.69 Å². The number of aromatic nitrogens is 3. The van der Waals surface area contributed by atoms with Crippen LogP contribution in [0.3, 0.4) is 0 Å².